The van der Waals surface area contributed by atoms with Gasteiger partial charge >= 0.3 is 0 Å². The molecule has 0 radical (unpaired) electrons. The van der Waals surface area contributed by atoms with Gasteiger partial charge in [0.05, 0.1) is 24.4 Å². The van der Waals surface area contributed by atoms with Crippen molar-refractivity contribution >= 4 is 23.2 Å². The van der Waals surface area contributed by atoms with E-state index in [4.69, 9.17) is 27.9 Å². The maximum absolute atomic E-state index is 9.29. The van der Waals surface area contributed by atoms with Crippen LogP contribution in [0.5, 0.6) is 0 Å². The first-order chi connectivity index (χ1) is 6.99. The Morgan fingerprint density at radius 2 is 1.27 bits per heavy atom. The Balaban J connectivity index is 3.70. The minimum atomic E-state index is -0.535. The normalized spacial score (nSPS) is 19.6. The number of hydrogen-bond acceptors (Lipinski definition) is 3. The molecule has 15 heavy (non-hydrogen) atoms. The van der Waals surface area contributed by atoms with Crippen LogP contribution in [-0.4, -0.2) is 46.4 Å². The van der Waals surface area contributed by atoms with Crippen molar-refractivity contribution in [1.82, 2.24) is 0 Å². The average Bonchev–Trinajstić information content (AvgIpc) is 2.16. The molecule has 0 saturated heterocycles. The molecule has 3 nitrogen and oxygen atoms in total. The van der Waals surface area contributed by atoms with Crippen molar-refractivity contribution in [3.05, 3.63) is 0 Å². The smallest absolute Gasteiger partial charge is 0.0700 e. The van der Waals surface area contributed by atoms with Crippen LogP contribution < -0.4 is 0 Å². The van der Waals surface area contributed by atoms with Crippen molar-refractivity contribution in [3.63, 3.8) is 0 Å². The van der Waals surface area contributed by atoms with Crippen LogP contribution >= 0.6 is 23.2 Å². The van der Waals surface area contributed by atoms with E-state index in [1.165, 1.54) is 0 Å². The SMILES string of the molecule is CC(CC(O)CCl)OC(C)CC(O)CCl. The van der Waals surface area contributed by atoms with Gasteiger partial charge in [-0.1, -0.05) is 0 Å². The average molecular weight is 259 g/mol. The molecule has 2 N–H and O–H groups in total. The molecule has 5 heteroatoms. The highest BCUT2D eigenvalue weighted by molar-refractivity contribution is 6.18. The van der Waals surface area contributed by atoms with E-state index in [2.05, 4.69) is 0 Å². The largest absolute Gasteiger partial charge is 0.392 e. The second-order valence-corrected chi connectivity index (χ2v) is 4.46. The molecule has 0 saturated carbocycles. The summed E-state index contributed by atoms with van der Waals surface area (Å²) in [5.74, 6) is 0.429. The molecule has 0 heterocycles. The molecular formula is C10H20Cl2O3. The summed E-state index contributed by atoms with van der Waals surface area (Å²) in [5.41, 5.74) is 0. The number of aliphatic hydroxyl groups excluding tert-OH is 2. The molecule has 0 aromatic carbocycles. The lowest BCUT2D eigenvalue weighted by atomic mass is 10.1. The molecule has 4 unspecified atom stereocenters. The highest BCUT2D eigenvalue weighted by atomic mass is 35.5. The Kier molecular flexibility index (Phi) is 8.86. The van der Waals surface area contributed by atoms with Crippen LogP contribution in [0.2, 0.25) is 0 Å². The van der Waals surface area contributed by atoms with Crippen molar-refractivity contribution in [1.29, 1.82) is 0 Å². The lowest BCUT2D eigenvalue weighted by Gasteiger charge is -2.22. The van der Waals surface area contributed by atoms with E-state index in [1.54, 1.807) is 0 Å². The highest BCUT2D eigenvalue weighted by Crippen LogP contribution is 2.11. The van der Waals surface area contributed by atoms with E-state index in [0.717, 1.165) is 0 Å². The Morgan fingerprint density at radius 3 is 1.53 bits per heavy atom. The molecule has 0 bridgehead atoms. The molecule has 0 aliphatic carbocycles. The third-order valence-electron chi connectivity index (χ3n) is 2.03. The van der Waals surface area contributed by atoms with Gasteiger partial charge in [0.2, 0.25) is 0 Å². The maximum atomic E-state index is 9.29. The summed E-state index contributed by atoms with van der Waals surface area (Å²) in [4.78, 5) is 0. The van der Waals surface area contributed by atoms with E-state index < -0.39 is 12.2 Å². The number of rotatable bonds is 8. The molecule has 92 valence electrons. The summed E-state index contributed by atoms with van der Waals surface area (Å²) in [7, 11) is 0. The van der Waals surface area contributed by atoms with Crippen molar-refractivity contribution < 1.29 is 14.9 Å². The summed E-state index contributed by atoms with van der Waals surface area (Å²) < 4.78 is 5.56. The minimum absolute atomic E-state index is 0.0729. The second-order valence-electron chi connectivity index (χ2n) is 3.84. The van der Waals surface area contributed by atoms with Crippen LogP contribution in [0.3, 0.4) is 0 Å². The van der Waals surface area contributed by atoms with E-state index >= 15 is 0 Å². The summed E-state index contributed by atoms with van der Waals surface area (Å²) >= 11 is 11.0. The molecular weight excluding hydrogens is 239 g/mol. The molecule has 0 aromatic heterocycles. The van der Waals surface area contributed by atoms with Crippen LogP contribution in [0.1, 0.15) is 26.7 Å². The first-order valence-corrected chi connectivity index (χ1v) is 6.20. The van der Waals surface area contributed by atoms with E-state index in [1.807, 2.05) is 13.8 Å². The van der Waals surface area contributed by atoms with Gasteiger partial charge in [0, 0.05) is 24.6 Å². The van der Waals surface area contributed by atoms with Gasteiger partial charge in [0.15, 0.2) is 0 Å². The van der Waals surface area contributed by atoms with Gasteiger partial charge in [-0.15, -0.1) is 23.2 Å². The third kappa shape index (κ3) is 8.29. The van der Waals surface area contributed by atoms with Gasteiger partial charge < -0.3 is 14.9 Å². The van der Waals surface area contributed by atoms with Crippen molar-refractivity contribution in [2.75, 3.05) is 11.8 Å². The van der Waals surface area contributed by atoms with Crippen molar-refractivity contribution in [2.24, 2.45) is 0 Å². The van der Waals surface area contributed by atoms with Gasteiger partial charge in [-0.2, -0.15) is 0 Å². The van der Waals surface area contributed by atoms with Gasteiger partial charge in [-0.05, 0) is 13.8 Å². The predicted octanol–water partition coefficient (Wildman–Crippen LogP) is 1.76. The molecule has 0 spiro atoms. The van der Waals surface area contributed by atoms with Crippen LogP contribution in [0, 0.1) is 0 Å². The Labute approximate surface area is 101 Å². The summed E-state index contributed by atoms with van der Waals surface area (Å²) in [6.07, 6.45) is -0.207. The molecule has 4 atom stereocenters. The quantitative estimate of drug-likeness (QED) is 0.653. The van der Waals surface area contributed by atoms with Crippen LogP contribution in [0.25, 0.3) is 0 Å². The monoisotopic (exact) mass is 258 g/mol. The number of ether oxygens (including phenoxy) is 1. The Morgan fingerprint density at radius 1 is 0.933 bits per heavy atom. The third-order valence-corrected chi connectivity index (χ3v) is 2.74. The number of alkyl halides is 2. The molecule has 0 amide bonds. The number of aliphatic hydroxyl groups is 2. The summed E-state index contributed by atoms with van der Waals surface area (Å²) in [6.45, 7) is 3.75. The fourth-order valence-corrected chi connectivity index (χ4v) is 1.65. The van der Waals surface area contributed by atoms with Crippen molar-refractivity contribution in [3.8, 4) is 0 Å². The first-order valence-electron chi connectivity index (χ1n) is 5.13. The van der Waals surface area contributed by atoms with E-state index in [0.29, 0.717) is 12.8 Å². The zero-order valence-corrected chi connectivity index (χ0v) is 10.7. The zero-order chi connectivity index (χ0) is 11.8. The van der Waals surface area contributed by atoms with Gasteiger partial charge in [0.1, 0.15) is 0 Å². The predicted molar refractivity (Wildman–Crippen MR) is 62.7 cm³/mol. The lowest BCUT2D eigenvalue weighted by molar-refractivity contribution is -0.0323. The van der Waals surface area contributed by atoms with Crippen LogP contribution in [0.15, 0.2) is 0 Å². The minimum Gasteiger partial charge on any atom is -0.392 e. The van der Waals surface area contributed by atoms with Crippen molar-refractivity contribution in [2.45, 2.75) is 51.1 Å². The molecule has 0 aliphatic rings. The molecule has 0 fully saturated rings. The number of hydrogen-bond donors (Lipinski definition) is 2. The zero-order valence-electron chi connectivity index (χ0n) is 9.20. The fourth-order valence-electron chi connectivity index (χ4n) is 1.40. The summed E-state index contributed by atoms with van der Waals surface area (Å²) in [6, 6.07) is 0. The topological polar surface area (TPSA) is 49.7 Å². The molecule has 0 rings (SSSR count). The fraction of sp³-hybridized carbons (Fsp3) is 1.00. The first kappa shape index (κ1) is 15.5. The van der Waals surface area contributed by atoms with Gasteiger partial charge in [-0.3, -0.25) is 0 Å². The maximum Gasteiger partial charge on any atom is 0.0700 e. The highest BCUT2D eigenvalue weighted by Gasteiger charge is 2.15. The van der Waals surface area contributed by atoms with Crippen LogP contribution in [-0.2, 0) is 4.74 Å². The lowest BCUT2D eigenvalue weighted by Crippen LogP contribution is -2.26. The Hall–Kier alpha value is 0.460. The van der Waals surface area contributed by atoms with E-state index in [9.17, 15) is 10.2 Å². The Bertz CT molecular complexity index is 142. The van der Waals surface area contributed by atoms with Gasteiger partial charge in [-0.25, -0.2) is 0 Å². The molecule has 0 aliphatic heterocycles. The standard InChI is InChI=1S/C10H20Cl2O3/c1-7(3-9(13)5-11)15-8(2)4-10(14)6-12/h7-10,13-14H,3-6H2,1-2H3. The summed E-state index contributed by atoms with van der Waals surface area (Å²) in [5, 5.41) is 18.6. The van der Waals surface area contributed by atoms with Crippen LogP contribution in [0.4, 0.5) is 0 Å². The molecule has 0 aromatic rings. The number of halogens is 2. The van der Waals surface area contributed by atoms with Gasteiger partial charge in [0.25, 0.3) is 0 Å². The van der Waals surface area contributed by atoms with E-state index in [-0.39, 0.29) is 24.0 Å². The second kappa shape index (κ2) is 8.59.